The molecule has 3 heteroatoms. The lowest BCUT2D eigenvalue weighted by Gasteiger charge is -2.34. The van der Waals surface area contributed by atoms with Gasteiger partial charge in [0.15, 0.2) is 0 Å². The highest BCUT2D eigenvalue weighted by Gasteiger charge is 2.37. The van der Waals surface area contributed by atoms with Gasteiger partial charge in [-0.3, -0.25) is 4.90 Å². The van der Waals surface area contributed by atoms with Gasteiger partial charge in [-0.15, -0.1) is 0 Å². The van der Waals surface area contributed by atoms with Gasteiger partial charge in [0, 0.05) is 24.2 Å². The van der Waals surface area contributed by atoms with Crippen molar-refractivity contribution in [3.8, 4) is 0 Å². The highest BCUT2D eigenvalue weighted by molar-refractivity contribution is 6.32. The molecule has 0 saturated heterocycles. The van der Waals surface area contributed by atoms with Crippen molar-refractivity contribution in [1.29, 1.82) is 0 Å². The van der Waals surface area contributed by atoms with Gasteiger partial charge in [-0.2, -0.15) is 0 Å². The molecule has 128 valence electrons. The Morgan fingerprint density at radius 1 is 1.38 bits per heavy atom. The van der Waals surface area contributed by atoms with Gasteiger partial charge in [-0.1, -0.05) is 56.7 Å². The second-order valence-corrected chi connectivity index (χ2v) is 6.32. The van der Waals surface area contributed by atoms with Crippen LogP contribution in [0.3, 0.4) is 0 Å². The molecule has 0 saturated carbocycles. The summed E-state index contributed by atoms with van der Waals surface area (Å²) >= 11 is 0. The molecular weight excluding hydrogens is 293 g/mol. The number of allylic oxidation sites excluding steroid dienone is 2. The van der Waals surface area contributed by atoms with Gasteiger partial charge in [0.1, 0.15) is 13.6 Å². The molecule has 0 atom stereocenters. The van der Waals surface area contributed by atoms with Gasteiger partial charge >= 0.3 is 0 Å². The third-order valence-corrected chi connectivity index (χ3v) is 4.66. The van der Waals surface area contributed by atoms with E-state index >= 15 is 0 Å². The Morgan fingerprint density at radius 2 is 2.00 bits per heavy atom. The van der Waals surface area contributed by atoms with Crippen molar-refractivity contribution < 1.29 is 4.74 Å². The molecule has 0 aliphatic carbocycles. The Balaban J connectivity index is 0.00000139. The smallest absolute Gasteiger partial charge is 0.116 e. The zero-order valence-corrected chi connectivity index (χ0v) is 16.1. The maximum Gasteiger partial charge on any atom is 0.116 e. The highest BCUT2D eigenvalue weighted by Crippen LogP contribution is 2.39. The minimum atomic E-state index is -0.0779. The number of nitrogens with zero attached hydrogens (tertiary/aromatic N) is 1. The summed E-state index contributed by atoms with van der Waals surface area (Å²) < 4.78 is 5.36. The molecule has 0 fully saturated rings. The van der Waals surface area contributed by atoms with Gasteiger partial charge in [-0.25, -0.2) is 0 Å². The molecule has 0 unspecified atom stereocenters. The Labute approximate surface area is 149 Å². The van der Waals surface area contributed by atoms with Gasteiger partial charge in [-0.05, 0) is 37.5 Å². The summed E-state index contributed by atoms with van der Waals surface area (Å²) in [6, 6.07) is 6.18. The van der Waals surface area contributed by atoms with Crippen molar-refractivity contribution in [3.63, 3.8) is 0 Å². The third kappa shape index (κ3) is 4.02. The summed E-state index contributed by atoms with van der Waals surface area (Å²) in [4.78, 5) is 2.42. The summed E-state index contributed by atoms with van der Waals surface area (Å²) in [5, 5.41) is 0. The second kappa shape index (κ2) is 8.39. The third-order valence-electron chi connectivity index (χ3n) is 4.66. The van der Waals surface area contributed by atoms with Gasteiger partial charge < -0.3 is 4.74 Å². The molecule has 1 aromatic carbocycles. The molecule has 1 aliphatic rings. The summed E-state index contributed by atoms with van der Waals surface area (Å²) in [5.41, 5.74) is 5.55. The minimum Gasteiger partial charge on any atom is -0.497 e. The van der Waals surface area contributed by atoms with E-state index in [4.69, 9.17) is 12.6 Å². The van der Waals surface area contributed by atoms with Crippen LogP contribution in [0.2, 0.25) is 0 Å². The molecular formula is C21H30BNO. The van der Waals surface area contributed by atoms with Crippen LogP contribution in [0.25, 0.3) is 0 Å². The van der Waals surface area contributed by atoms with Gasteiger partial charge in [0.25, 0.3) is 0 Å². The van der Waals surface area contributed by atoms with Crippen LogP contribution in [-0.2, 0) is 16.8 Å². The summed E-state index contributed by atoms with van der Waals surface area (Å²) in [6.07, 6.45) is 1.85. The number of ether oxygens (including phenoxy) is 1. The second-order valence-electron chi connectivity index (χ2n) is 6.32. The van der Waals surface area contributed by atoms with Crippen molar-refractivity contribution in [2.45, 2.75) is 46.7 Å². The van der Waals surface area contributed by atoms with Gasteiger partial charge in [0.05, 0.1) is 7.11 Å². The first-order valence-electron chi connectivity index (χ1n) is 8.50. The lowest BCUT2D eigenvalue weighted by Crippen LogP contribution is -2.37. The van der Waals surface area contributed by atoms with Crippen molar-refractivity contribution in [2.75, 3.05) is 13.7 Å². The molecule has 0 bridgehead atoms. The molecule has 2 nitrogen and oxygen atoms in total. The van der Waals surface area contributed by atoms with Crippen LogP contribution in [-0.4, -0.2) is 26.4 Å². The largest absolute Gasteiger partial charge is 0.497 e. The Morgan fingerprint density at radius 3 is 2.54 bits per heavy atom. The van der Waals surface area contributed by atoms with Crippen LogP contribution in [0.1, 0.15) is 45.7 Å². The molecule has 24 heavy (non-hydrogen) atoms. The zero-order valence-electron chi connectivity index (χ0n) is 16.1. The summed E-state index contributed by atoms with van der Waals surface area (Å²) in [7, 11) is 7.62. The SMILES string of the molecule is CC.[B]c1ccc2c(c1)C(C)(C)N(C/C(C(=C)OC)=C(/C)C=C)C2. The molecule has 2 rings (SSSR count). The summed E-state index contributed by atoms with van der Waals surface area (Å²) in [6.45, 7) is 20.1. The molecule has 0 spiro atoms. The van der Waals surface area contributed by atoms with Crippen molar-refractivity contribution in [2.24, 2.45) is 0 Å². The van der Waals surface area contributed by atoms with E-state index < -0.39 is 0 Å². The molecule has 1 aromatic rings. The molecule has 1 heterocycles. The normalized spacial score (nSPS) is 16.4. The number of rotatable bonds is 5. The number of fused-ring (bicyclic) bond motifs is 1. The van der Waals surface area contributed by atoms with Crippen molar-refractivity contribution >= 4 is 13.3 Å². The van der Waals surface area contributed by atoms with Crippen LogP contribution < -0.4 is 5.46 Å². The van der Waals surface area contributed by atoms with Crippen LogP contribution in [0.4, 0.5) is 0 Å². The first-order chi connectivity index (χ1) is 11.3. The average molecular weight is 323 g/mol. The topological polar surface area (TPSA) is 12.5 Å². The Kier molecular flexibility index (Phi) is 7.10. The molecule has 1 aliphatic heterocycles. The molecule has 0 N–H and O–H groups in total. The predicted octanol–water partition coefficient (Wildman–Crippen LogP) is 4.22. The first kappa shape index (κ1) is 20.3. The lowest BCUT2D eigenvalue weighted by atomic mass is 9.86. The van der Waals surface area contributed by atoms with E-state index in [-0.39, 0.29) is 5.54 Å². The van der Waals surface area contributed by atoms with E-state index in [1.807, 2.05) is 32.9 Å². The van der Waals surface area contributed by atoms with E-state index in [2.05, 4.69) is 44.0 Å². The zero-order chi connectivity index (χ0) is 18.5. The quantitative estimate of drug-likeness (QED) is 0.457. The van der Waals surface area contributed by atoms with Crippen molar-refractivity contribution in [1.82, 2.24) is 4.90 Å². The standard InChI is InChI=1S/C19H24BNO.C2H6/c1-7-13(2)17(14(3)22-6)12-21-11-15-8-9-16(20)10-18(15)19(21,4)5;1-2/h7-10H,1,3,11-12H2,2,4-6H3;1-2H3/b17-13+;. The fraction of sp³-hybridized carbons (Fsp3) is 0.429. The van der Waals surface area contributed by atoms with E-state index in [0.29, 0.717) is 5.76 Å². The van der Waals surface area contributed by atoms with Crippen LogP contribution in [0.15, 0.2) is 54.3 Å². The highest BCUT2D eigenvalue weighted by atomic mass is 16.5. The fourth-order valence-electron chi connectivity index (χ4n) is 3.00. The number of benzene rings is 1. The van der Waals surface area contributed by atoms with Crippen molar-refractivity contribution in [3.05, 3.63) is 65.5 Å². The van der Waals surface area contributed by atoms with Crippen LogP contribution in [0.5, 0.6) is 0 Å². The Hall–Kier alpha value is -1.74. The predicted molar refractivity (Wildman–Crippen MR) is 106 cm³/mol. The maximum atomic E-state index is 5.96. The van der Waals surface area contributed by atoms with E-state index in [0.717, 1.165) is 29.7 Å². The first-order valence-corrected chi connectivity index (χ1v) is 8.50. The molecule has 0 amide bonds. The number of methoxy groups -OCH3 is 1. The van der Waals surface area contributed by atoms with E-state index in [9.17, 15) is 0 Å². The monoisotopic (exact) mass is 323 g/mol. The fourth-order valence-corrected chi connectivity index (χ4v) is 3.00. The average Bonchev–Trinajstić information content (AvgIpc) is 2.83. The molecule has 2 radical (unpaired) electrons. The van der Waals surface area contributed by atoms with E-state index in [1.54, 1.807) is 7.11 Å². The Bertz CT molecular complexity index is 643. The van der Waals surface area contributed by atoms with Crippen LogP contribution in [0, 0.1) is 0 Å². The minimum absolute atomic E-state index is 0.0779. The van der Waals surface area contributed by atoms with Crippen LogP contribution >= 0.6 is 0 Å². The maximum absolute atomic E-state index is 5.96. The number of hydrogen-bond acceptors (Lipinski definition) is 2. The molecule has 0 aromatic heterocycles. The number of hydrogen-bond donors (Lipinski definition) is 0. The van der Waals surface area contributed by atoms with E-state index in [1.165, 1.54) is 11.1 Å². The van der Waals surface area contributed by atoms with Gasteiger partial charge in [0.2, 0.25) is 0 Å². The lowest BCUT2D eigenvalue weighted by molar-refractivity contribution is 0.147. The summed E-state index contributed by atoms with van der Waals surface area (Å²) in [5.74, 6) is 0.698.